The van der Waals surface area contributed by atoms with E-state index in [9.17, 15) is 0 Å². The van der Waals surface area contributed by atoms with Crippen molar-refractivity contribution >= 4 is 12.4 Å². The number of hydrogen-bond acceptors (Lipinski definition) is 5. The molecule has 1 aromatic heterocycles. The van der Waals surface area contributed by atoms with Crippen molar-refractivity contribution in [3.05, 3.63) is 59.7 Å². The van der Waals surface area contributed by atoms with E-state index in [2.05, 4.69) is 46.2 Å². The van der Waals surface area contributed by atoms with E-state index in [0.717, 1.165) is 35.8 Å². The molecule has 0 amide bonds. The predicted molar refractivity (Wildman–Crippen MR) is 109 cm³/mol. The first-order valence-electron chi connectivity index (χ1n) is 9.23. The summed E-state index contributed by atoms with van der Waals surface area (Å²) in [5.41, 5.74) is 9.91. The number of aromatic nitrogens is 2. The smallest absolute Gasteiger partial charge is 0.258 e. The SMILES string of the molecule is CCN(Cc1ccc(-c2nc(-c3ccc(CN)cc3)no2)cc1)C1CC1.Cl. The minimum absolute atomic E-state index is 0. The normalized spacial score (nSPS) is 13.6. The maximum absolute atomic E-state index is 5.64. The molecule has 1 aliphatic carbocycles. The van der Waals surface area contributed by atoms with Crippen molar-refractivity contribution in [3.8, 4) is 22.8 Å². The quantitative estimate of drug-likeness (QED) is 0.658. The molecule has 0 unspecified atom stereocenters. The molecule has 0 saturated heterocycles. The maximum atomic E-state index is 5.64. The summed E-state index contributed by atoms with van der Waals surface area (Å²) in [6, 6.07) is 17.1. The molecule has 2 N–H and O–H groups in total. The van der Waals surface area contributed by atoms with E-state index in [1.807, 2.05) is 24.3 Å². The second-order valence-electron chi connectivity index (χ2n) is 6.82. The number of halogens is 1. The van der Waals surface area contributed by atoms with Crippen molar-refractivity contribution < 1.29 is 4.52 Å². The minimum atomic E-state index is 0. The van der Waals surface area contributed by atoms with E-state index in [-0.39, 0.29) is 12.4 Å². The molecule has 6 heteroatoms. The highest BCUT2D eigenvalue weighted by molar-refractivity contribution is 5.85. The van der Waals surface area contributed by atoms with Gasteiger partial charge in [-0.05, 0) is 42.6 Å². The summed E-state index contributed by atoms with van der Waals surface area (Å²) >= 11 is 0. The van der Waals surface area contributed by atoms with Crippen LogP contribution in [0.3, 0.4) is 0 Å². The zero-order valence-electron chi connectivity index (χ0n) is 15.5. The fourth-order valence-electron chi connectivity index (χ4n) is 3.17. The maximum Gasteiger partial charge on any atom is 0.258 e. The van der Waals surface area contributed by atoms with Crippen LogP contribution in [0.15, 0.2) is 53.1 Å². The van der Waals surface area contributed by atoms with Gasteiger partial charge in [-0.1, -0.05) is 48.5 Å². The molecule has 4 rings (SSSR count). The van der Waals surface area contributed by atoms with E-state index in [1.54, 1.807) is 0 Å². The molecule has 3 aromatic rings. The lowest BCUT2D eigenvalue weighted by atomic mass is 10.1. The van der Waals surface area contributed by atoms with E-state index >= 15 is 0 Å². The Bertz CT molecular complexity index is 857. The van der Waals surface area contributed by atoms with Gasteiger partial charge in [-0.25, -0.2) is 0 Å². The monoisotopic (exact) mass is 384 g/mol. The fraction of sp³-hybridized carbons (Fsp3) is 0.333. The average molecular weight is 385 g/mol. The third kappa shape index (κ3) is 4.56. The van der Waals surface area contributed by atoms with Gasteiger partial charge in [0.05, 0.1) is 0 Å². The standard InChI is InChI=1S/C21H24N4O.ClH/c1-2-25(19-11-12-19)14-16-5-9-18(10-6-16)21-23-20(24-26-21)17-7-3-15(13-22)4-8-17;/h3-10,19H,2,11-14,22H2,1H3;1H. The molecule has 0 radical (unpaired) electrons. The van der Waals surface area contributed by atoms with Gasteiger partial charge in [-0.3, -0.25) is 4.90 Å². The van der Waals surface area contributed by atoms with Gasteiger partial charge in [0.25, 0.3) is 5.89 Å². The molecule has 5 nitrogen and oxygen atoms in total. The zero-order chi connectivity index (χ0) is 17.9. The van der Waals surface area contributed by atoms with Crippen LogP contribution in [0.25, 0.3) is 22.8 Å². The molecule has 1 aliphatic rings. The summed E-state index contributed by atoms with van der Waals surface area (Å²) in [7, 11) is 0. The molecular weight excluding hydrogens is 360 g/mol. The van der Waals surface area contributed by atoms with Gasteiger partial charge in [-0.2, -0.15) is 4.98 Å². The van der Waals surface area contributed by atoms with Crippen LogP contribution in [-0.2, 0) is 13.1 Å². The number of benzene rings is 2. The third-order valence-corrected chi connectivity index (χ3v) is 4.93. The van der Waals surface area contributed by atoms with Gasteiger partial charge in [-0.15, -0.1) is 12.4 Å². The zero-order valence-corrected chi connectivity index (χ0v) is 16.3. The fourth-order valence-corrected chi connectivity index (χ4v) is 3.17. The van der Waals surface area contributed by atoms with Crippen LogP contribution in [0.5, 0.6) is 0 Å². The molecular formula is C21H25ClN4O. The first kappa shape index (κ1) is 19.5. The number of nitrogens with zero attached hydrogens (tertiary/aromatic N) is 3. The van der Waals surface area contributed by atoms with Crippen LogP contribution < -0.4 is 5.73 Å². The van der Waals surface area contributed by atoms with Crippen LogP contribution >= 0.6 is 12.4 Å². The van der Waals surface area contributed by atoms with Gasteiger partial charge in [0, 0.05) is 30.3 Å². The van der Waals surface area contributed by atoms with Gasteiger partial charge in [0.1, 0.15) is 0 Å². The van der Waals surface area contributed by atoms with Crippen molar-refractivity contribution in [3.63, 3.8) is 0 Å². The Balaban J connectivity index is 0.00000210. The van der Waals surface area contributed by atoms with Crippen LogP contribution in [-0.4, -0.2) is 27.6 Å². The lowest BCUT2D eigenvalue weighted by Gasteiger charge is -2.19. The molecule has 0 aliphatic heterocycles. The molecule has 1 fully saturated rings. The van der Waals surface area contributed by atoms with Crippen molar-refractivity contribution in [1.29, 1.82) is 0 Å². The highest BCUT2D eigenvalue weighted by Crippen LogP contribution is 2.28. The Morgan fingerprint density at radius 1 is 1.00 bits per heavy atom. The van der Waals surface area contributed by atoms with Crippen molar-refractivity contribution in [2.24, 2.45) is 5.73 Å². The molecule has 0 spiro atoms. The van der Waals surface area contributed by atoms with Gasteiger partial charge >= 0.3 is 0 Å². The molecule has 0 bridgehead atoms. The van der Waals surface area contributed by atoms with E-state index in [0.29, 0.717) is 18.3 Å². The first-order chi connectivity index (χ1) is 12.8. The number of rotatable bonds is 7. The molecule has 142 valence electrons. The molecule has 1 heterocycles. The van der Waals surface area contributed by atoms with Gasteiger partial charge < -0.3 is 10.3 Å². The summed E-state index contributed by atoms with van der Waals surface area (Å²) in [5.74, 6) is 1.14. The van der Waals surface area contributed by atoms with Crippen molar-refractivity contribution in [2.75, 3.05) is 6.54 Å². The molecule has 27 heavy (non-hydrogen) atoms. The average Bonchev–Trinajstić information content (AvgIpc) is 3.42. The van der Waals surface area contributed by atoms with Crippen LogP contribution in [0.4, 0.5) is 0 Å². The Morgan fingerprint density at radius 3 is 2.22 bits per heavy atom. The Morgan fingerprint density at radius 2 is 1.63 bits per heavy atom. The van der Waals surface area contributed by atoms with Crippen LogP contribution in [0.2, 0.25) is 0 Å². The summed E-state index contributed by atoms with van der Waals surface area (Å²) in [6.45, 7) is 4.86. The van der Waals surface area contributed by atoms with Crippen LogP contribution in [0.1, 0.15) is 30.9 Å². The highest BCUT2D eigenvalue weighted by Gasteiger charge is 2.27. The summed E-state index contributed by atoms with van der Waals surface area (Å²) in [4.78, 5) is 7.06. The lowest BCUT2D eigenvalue weighted by molar-refractivity contribution is 0.269. The van der Waals surface area contributed by atoms with Crippen molar-refractivity contribution in [1.82, 2.24) is 15.0 Å². The number of nitrogens with two attached hydrogens (primary N) is 1. The predicted octanol–water partition coefficient (Wildman–Crippen LogP) is 4.27. The Hall–Kier alpha value is -2.21. The topological polar surface area (TPSA) is 68.2 Å². The minimum Gasteiger partial charge on any atom is -0.334 e. The Kier molecular flexibility index (Phi) is 6.26. The lowest BCUT2D eigenvalue weighted by Crippen LogP contribution is -2.24. The summed E-state index contributed by atoms with van der Waals surface area (Å²) in [5, 5.41) is 4.11. The van der Waals surface area contributed by atoms with Crippen molar-refractivity contribution in [2.45, 2.75) is 38.9 Å². The van der Waals surface area contributed by atoms with Gasteiger partial charge in [0.15, 0.2) is 0 Å². The third-order valence-electron chi connectivity index (χ3n) is 4.93. The highest BCUT2D eigenvalue weighted by atomic mass is 35.5. The molecule has 2 aromatic carbocycles. The van der Waals surface area contributed by atoms with E-state index in [1.165, 1.54) is 18.4 Å². The van der Waals surface area contributed by atoms with Gasteiger partial charge in [0.2, 0.25) is 5.82 Å². The summed E-state index contributed by atoms with van der Waals surface area (Å²) < 4.78 is 5.46. The molecule has 1 saturated carbocycles. The number of hydrogen-bond donors (Lipinski definition) is 1. The second kappa shape index (κ2) is 8.65. The van der Waals surface area contributed by atoms with E-state index < -0.39 is 0 Å². The molecule has 0 atom stereocenters. The van der Waals surface area contributed by atoms with E-state index in [4.69, 9.17) is 10.3 Å². The second-order valence-corrected chi connectivity index (χ2v) is 6.82. The van der Waals surface area contributed by atoms with Crippen LogP contribution in [0, 0.1) is 0 Å². The Labute approximate surface area is 166 Å². The summed E-state index contributed by atoms with van der Waals surface area (Å²) in [6.07, 6.45) is 2.67. The first-order valence-corrected chi connectivity index (χ1v) is 9.23. The largest absolute Gasteiger partial charge is 0.334 e.